The number of carboxylic acids is 1. The maximum atomic E-state index is 12.0. The third-order valence-electron chi connectivity index (χ3n) is 2.81. The minimum atomic E-state index is -1.18. The molecule has 1 unspecified atom stereocenters. The van der Waals surface area contributed by atoms with Crippen LogP contribution < -0.4 is 5.73 Å². The number of carboxylic acid groups (broad SMARTS) is 1. The molecule has 1 aliphatic heterocycles. The first kappa shape index (κ1) is 15.1. The summed E-state index contributed by atoms with van der Waals surface area (Å²) < 4.78 is 0. The lowest BCUT2D eigenvalue weighted by Gasteiger charge is -2.24. The number of likely N-dealkylation sites (tertiary alicyclic amines) is 1. The molecule has 0 spiro atoms. The summed E-state index contributed by atoms with van der Waals surface area (Å²) in [5.41, 5.74) is 5.03. The zero-order valence-electron chi connectivity index (χ0n) is 10.7. The molecule has 3 N–H and O–H groups in total. The molecule has 1 fully saturated rings. The van der Waals surface area contributed by atoms with E-state index in [0.717, 1.165) is 9.80 Å². The van der Waals surface area contributed by atoms with Gasteiger partial charge >= 0.3 is 5.97 Å². The normalized spacial score (nSPS) is 19.3. The number of carbonyl (C=O) groups is 4. The van der Waals surface area contributed by atoms with Gasteiger partial charge in [-0.25, -0.2) is 0 Å². The molecular weight excluding hydrogens is 254 g/mol. The maximum Gasteiger partial charge on any atom is 0.317 e. The van der Waals surface area contributed by atoms with Crippen molar-refractivity contribution in [3.05, 3.63) is 0 Å². The van der Waals surface area contributed by atoms with Gasteiger partial charge in [0.15, 0.2) is 0 Å². The topological polar surface area (TPSA) is 121 Å². The largest absolute Gasteiger partial charge is 0.480 e. The third-order valence-corrected chi connectivity index (χ3v) is 2.81. The molecule has 0 saturated carbocycles. The second-order valence-corrected chi connectivity index (χ2v) is 4.37. The van der Waals surface area contributed by atoms with E-state index in [1.807, 2.05) is 6.92 Å². The van der Waals surface area contributed by atoms with Gasteiger partial charge in [0.05, 0.1) is 25.6 Å². The number of amides is 3. The van der Waals surface area contributed by atoms with Crippen LogP contribution >= 0.6 is 0 Å². The van der Waals surface area contributed by atoms with Crippen LogP contribution in [0.4, 0.5) is 0 Å². The van der Waals surface area contributed by atoms with Crippen molar-refractivity contribution in [1.29, 1.82) is 0 Å². The predicted molar refractivity (Wildman–Crippen MR) is 63.8 cm³/mol. The average Bonchev–Trinajstić information content (AvgIpc) is 2.55. The molecule has 0 aromatic rings. The third kappa shape index (κ3) is 3.75. The number of rotatable bonds is 7. The Bertz CT molecular complexity index is 393. The minimum absolute atomic E-state index is 0.112. The first-order valence-corrected chi connectivity index (χ1v) is 5.95. The molecule has 8 heteroatoms. The molecule has 1 aliphatic rings. The zero-order valence-corrected chi connectivity index (χ0v) is 10.7. The van der Waals surface area contributed by atoms with Gasteiger partial charge in [0, 0.05) is 6.54 Å². The highest BCUT2D eigenvalue weighted by atomic mass is 16.4. The number of hydrogen-bond donors (Lipinski definition) is 2. The smallest absolute Gasteiger partial charge is 0.317 e. The summed E-state index contributed by atoms with van der Waals surface area (Å²) in [6.07, 6.45) is 0.512. The van der Waals surface area contributed by atoms with E-state index in [-0.39, 0.29) is 18.9 Å². The molecule has 19 heavy (non-hydrogen) atoms. The Balaban J connectivity index is 2.85. The summed E-state index contributed by atoms with van der Waals surface area (Å²) in [7, 11) is 0. The minimum Gasteiger partial charge on any atom is -0.480 e. The number of imide groups is 1. The number of nitrogens with zero attached hydrogens (tertiary/aromatic N) is 2. The lowest BCUT2D eigenvalue weighted by atomic mass is 10.2. The summed E-state index contributed by atoms with van der Waals surface area (Å²) in [6, 6.07) is -0.914. The van der Waals surface area contributed by atoms with E-state index in [2.05, 4.69) is 0 Å². The van der Waals surface area contributed by atoms with E-state index < -0.39 is 30.4 Å². The van der Waals surface area contributed by atoms with Crippen LogP contribution in [0.25, 0.3) is 0 Å². The Morgan fingerprint density at radius 3 is 2.53 bits per heavy atom. The Kier molecular flexibility index (Phi) is 4.99. The maximum absolute atomic E-state index is 12.0. The molecule has 106 valence electrons. The molecule has 1 saturated heterocycles. The molecule has 1 heterocycles. The highest BCUT2D eigenvalue weighted by molar-refractivity contribution is 6.05. The lowest BCUT2D eigenvalue weighted by Crippen LogP contribution is -2.47. The first-order valence-electron chi connectivity index (χ1n) is 5.95. The van der Waals surface area contributed by atoms with E-state index in [0.29, 0.717) is 13.0 Å². The van der Waals surface area contributed by atoms with Gasteiger partial charge in [0.1, 0.15) is 0 Å². The number of carbonyl (C=O) groups excluding carboxylic acids is 3. The number of aliphatic carboxylic acids is 1. The van der Waals surface area contributed by atoms with E-state index in [4.69, 9.17) is 10.8 Å². The lowest BCUT2D eigenvalue weighted by molar-refractivity contribution is -0.141. The van der Waals surface area contributed by atoms with Crippen LogP contribution in [-0.4, -0.2) is 64.3 Å². The van der Waals surface area contributed by atoms with Crippen LogP contribution in [-0.2, 0) is 19.2 Å². The van der Waals surface area contributed by atoms with Crippen LogP contribution in [0.1, 0.15) is 19.8 Å². The van der Waals surface area contributed by atoms with Crippen LogP contribution in [0.3, 0.4) is 0 Å². The fraction of sp³-hybridized carbons (Fsp3) is 0.636. The van der Waals surface area contributed by atoms with Crippen LogP contribution in [0, 0.1) is 0 Å². The first-order chi connectivity index (χ1) is 8.86. The molecule has 0 bridgehead atoms. The van der Waals surface area contributed by atoms with E-state index in [1.54, 1.807) is 0 Å². The van der Waals surface area contributed by atoms with Crippen LogP contribution in [0.15, 0.2) is 0 Å². The van der Waals surface area contributed by atoms with Crippen molar-refractivity contribution in [2.45, 2.75) is 25.8 Å². The molecule has 1 atom stereocenters. The van der Waals surface area contributed by atoms with Gasteiger partial charge in [-0.05, 0) is 6.42 Å². The molecule has 0 aromatic heterocycles. The van der Waals surface area contributed by atoms with Crippen molar-refractivity contribution in [2.24, 2.45) is 5.73 Å². The van der Waals surface area contributed by atoms with Gasteiger partial charge < -0.3 is 10.8 Å². The van der Waals surface area contributed by atoms with Crippen molar-refractivity contribution in [2.75, 3.05) is 19.6 Å². The van der Waals surface area contributed by atoms with E-state index in [1.165, 1.54) is 0 Å². The van der Waals surface area contributed by atoms with Gasteiger partial charge in [0.2, 0.25) is 17.7 Å². The van der Waals surface area contributed by atoms with Crippen molar-refractivity contribution in [3.8, 4) is 0 Å². The van der Waals surface area contributed by atoms with Crippen LogP contribution in [0.5, 0.6) is 0 Å². The van der Waals surface area contributed by atoms with E-state index >= 15 is 0 Å². The van der Waals surface area contributed by atoms with Gasteiger partial charge in [-0.1, -0.05) is 6.92 Å². The van der Waals surface area contributed by atoms with Gasteiger partial charge in [-0.2, -0.15) is 0 Å². The molecule has 0 radical (unpaired) electrons. The van der Waals surface area contributed by atoms with Crippen molar-refractivity contribution in [1.82, 2.24) is 9.80 Å². The molecule has 0 aromatic carbocycles. The van der Waals surface area contributed by atoms with Crippen molar-refractivity contribution in [3.63, 3.8) is 0 Å². The number of nitrogens with two attached hydrogens (primary N) is 1. The second kappa shape index (κ2) is 6.28. The monoisotopic (exact) mass is 271 g/mol. The Morgan fingerprint density at radius 2 is 2.05 bits per heavy atom. The van der Waals surface area contributed by atoms with Crippen molar-refractivity contribution < 1.29 is 24.3 Å². The summed E-state index contributed by atoms with van der Waals surface area (Å²) in [6.45, 7) is 1.25. The molecule has 0 aliphatic carbocycles. The number of hydrogen-bond acceptors (Lipinski definition) is 5. The molecular formula is C11H17N3O5. The number of primary amides is 1. The van der Waals surface area contributed by atoms with Crippen molar-refractivity contribution >= 4 is 23.7 Å². The van der Waals surface area contributed by atoms with Gasteiger partial charge in [-0.3, -0.25) is 29.0 Å². The standard InChI is InChI=1S/C11H17N3O5/c1-2-3-14-9(16)4-7(11(14)19)13(5-8(12)15)6-10(17)18/h7H,2-6H2,1H3,(H2,12,15)(H,17,18). The van der Waals surface area contributed by atoms with Crippen LogP contribution in [0.2, 0.25) is 0 Å². The zero-order chi connectivity index (χ0) is 14.6. The summed E-state index contributed by atoms with van der Waals surface area (Å²) in [5.74, 6) is -2.74. The summed E-state index contributed by atoms with van der Waals surface area (Å²) >= 11 is 0. The second-order valence-electron chi connectivity index (χ2n) is 4.37. The Morgan fingerprint density at radius 1 is 1.42 bits per heavy atom. The Labute approximate surface area is 110 Å². The van der Waals surface area contributed by atoms with Gasteiger partial charge in [0.25, 0.3) is 0 Å². The summed E-state index contributed by atoms with van der Waals surface area (Å²) in [4.78, 5) is 47.6. The molecule has 1 rings (SSSR count). The quantitative estimate of drug-likeness (QED) is 0.538. The van der Waals surface area contributed by atoms with E-state index in [9.17, 15) is 19.2 Å². The highest BCUT2D eigenvalue weighted by Crippen LogP contribution is 2.18. The SMILES string of the molecule is CCCN1C(=O)CC(N(CC(N)=O)CC(=O)O)C1=O. The fourth-order valence-corrected chi connectivity index (χ4v) is 2.06. The molecule has 3 amide bonds. The fourth-order valence-electron chi connectivity index (χ4n) is 2.06. The summed E-state index contributed by atoms with van der Waals surface area (Å²) in [5, 5.41) is 8.77. The highest BCUT2D eigenvalue weighted by Gasteiger charge is 2.42. The predicted octanol–water partition coefficient (Wildman–Crippen LogP) is -1.60. The van der Waals surface area contributed by atoms with Gasteiger partial charge in [-0.15, -0.1) is 0 Å². The average molecular weight is 271 g/mol. The molecule has 8 nitrogen and oxygen atoms in total. The Hall–Kier alpha value is -1.96.